The van der Waals surface area contributed by atoms with Crippen LogP contribution in [0.25, 0.3) is 0 Å². The zero-order valence-corrected chi connectivity index (χ0v) is 9.69. The Kier molecular flexibility index (Phi) is 6.44. The van der Waals surface area contributed by atoms with Gasteiger partial charge in [-0.1, -0.05) is 0 Å². The van der Waals surface area contributed by atoms with Crippen molar-refractivity contribution in [2.45, 2.75) is 19.9 Å². The quantitative estimate of drug-likeness (QED) is 0.645. The first-order valence-corrected chi connectivity index (χ1v) is 5.64. The van der Waals surface area contributed by atoms with Gasteiger partial charge in [0.05, 0.1) is 0 Å². The van der Waals surface area contributed by atoms with E-state index in [1.165, 1.54) is 6.20 Å². The lowest BCUT2D eigenvalue weighted by molar-refractivity contribution is 0.145. The second-order valence-electron chi connectivity index (χ2n) is 3.40. The number of hydrogen-bond acceptors (Lipinski definition) is 4. The Morgan fingerprint density at radius 1 is 1.50 bits per heavy atom. The predicted octanol–water partition coefficient (Wildman–Crippen LogP) is 0.259. The molecule has 0 aromatic carbocycles. The fourth-order valence-corrected chi connectivity index (χ4v) is 1.33. The number of hydrogen-bond donors (Lipinski definition) is 1. The van der Waals surface area contributed by atoms with E-state index in [-0.39, 0.29) is 5.69 Å². The van der Waals surface area contributed by atoms with Gasteiger partial charge in [0.15, 0.2) is 0 Å². The van der Waals surface area contributed by atoms with Crippen molar-refractivity contribution in [1.82, 2.24) is 14.9 Å². The third-order valence-electron chi connectivity index (χ3n) is 2.16. The first kappa shape index (κ1) is 12.9. The minimum Gasteiger partial charge on any atom is -0.382 e. The summed E-state index contributed by atoms with van der Waals surface area (Å²) in [6.45, 7) is 5.89. The molecule has 0 atom stereocenters. The zero-order chi connectivity index (χ0) is 11.6. The van der Waals surface area contributed by atoms with Crippen molar-refractivity contribution < 1.29 is 4.74 Å². The van der Waals surface area contributed by atoms with Gasteiger partial charge in [-0.05, 0) is 26.0 Å². The minimum atomic E-state index is -0.196. The summed E-state index contributed by atoms with van der Waals surface area (Å²) < 4.78 is 6.81. The summed E-state index contributed by atoms with van der Waals surface area (Å²) in [5.74, 6) is 0. The Hall–Kier alpha value is -1.20. The van der Waals surface area contributed by atoms with Crippen LogP contribution in [0, 0.1) is 0 Å². The van der Waals surface area contributed by atoms with Crippen molar-refractivity contribution in [3.05, 3.63) is 28.9 Å². The Balaban J connectivity index is 2.08. The maximum absolute atomic E-state index is 11.2. The van der Waals surface area contributed by atoms with Crippen molar-refractivity contribution in [3.8, 4) is 0 Å². The van der Waals surface area contributed by atoms with Crippen LogP contribution in [0.1, 0.15) is 13.3 Å². The first-order chi connectivity index (χ1) is 7.84. The van der Waals surface area contributed by atoms with E-state index in [2.05, 4.69) is 10.3 Å². The van der Waals surface area contributed by atoms with Crippen LogP contribution in [0.3, 0.4) is 0 Å². The van der Waals surface area contributed by atoms with E-state index >= 15 is 0 Å². The van der Waals surface area contributed by atoms with E-state index in [0.717, 1.165) is 32.7 Å². The fraction of sp³-hybridized carbons (Fsp3) is 0.636. The molecule has 0 fully saturated rings. The molecule has 0 aliphatic heterocycles. The predicted molar refractivity (Wildman–Crippen MR) is 62.5 cm³/mol. The summed E-state index contributed by atoms with van der Waals surface area (Å²) >= 11 is 0. The van der Waals surface area contributed by atoms with Crippen LogP contribution in [0.15, 0.2) is 23.3 Å². The fourth-order valence-electron chi connectivity index (χ4n) is 1.33. The standard InChI is InChI=1S/C11H19N3O2/c1-2-16-10-4-5-12-7-9-14-8-3-6-13-11(14)15/h3,6,8,12H,2,4-5,7,9-10H2,1H3. The normalized spacial score (nSPS) is 10.6. The molecule has 0 unspecified atom stereocenters. The number of nitrogens with zero attached hydrogens (tertiary/aromatic N) is 2. The highest BCUT2D eigenvalue weighted by Crippen LogP contribution is 1.81. The van der Waals surface area contributed by atoms with Gasteiger partial charge in [-0.15, -0.1) is 0 Å². The van der Waals surface area contributed by atoms with E-state index in [1.54, 1.807) is 16.8 Å². The van der Waals surface area contributed by atoms with Gasteiger partial charge in [0, 0.05) is 38.7 Å². The molecule has 1 aromatic rings. The van der Waals surface area contributed by atoms with Gasteiger partial charge in [0.2, 0.25) is 0 Å². The van der Waals surface area contributed by atoms with Crippen molar-refractivity contribution in [3.63, 3.8) is 0 Å². The maximum atomic E-state index is 11.2. The van der Waals surface area contributed by atoms with Gasteiger partial charge in [0.1, 0.15) is 0 Å². The molecular weight excluding hydrogens is 206 g/mol. The molecule has 0 amide bonds. The van der Waals surface area contributed by atoms with Crippen LogP contribution < -0.4 is 11.0 Å². The summed E-state index contributed by atoms with van der Waals surface area (Å²) in [5, 5.41) is 3.25. The molecule has 1 rings (SSSR count). The third kappa shape index (κ3) is 5.04. The Bertz CT molecular complexity index is 338. The summed E-state index contributed by atoms with van der Waals surface area (Å²) in [6, 6.07) is 1.76. The Morgan fingerprint density at radius 2 is 2.38 bits per heavy atom. The summed E-state index contributed by atoms with van der Waals surface area (Å²) in [5.41, 5.74) is -0.196. The van der Waals surface area contributed by atoms with E-state index < -0.39 is 0 Å². The second-order valence-corrected chi connectivity index (χ2v) is 3.40. The van der Waals surface area contributed by atoms with E-state index in [1.807, 2.05) is 6.92 Å². The summed E-state index contributed by atoms with van der Waals surface area (Å²) in [7, 11) is 0. The van der Waals surface area contributed by atoms with Gasteiger partial charge in [0.25, 0.3) is 0 Å². The molecule has 0 saturated heterocycles. The molecule has 0 radical (unpaired) electrons. The Morgan fingerprint density at radius 3 is 3.12 bits per heavy atom. The molecule has 90 valence electrons. The van der Waals surface area contributed by atoms with E-state index in [0.29, 0.717) is 6.54 Å². The van der Waals surface area contributed by atoms with Crippen molar-refractivity contribution in [2.24, 2.45) is 0 Å². The topological polar surface area (TPSA) is 56.1 Å². The molecular formula is C11H19N3O2. The second kappa shape index (κ2) is 8.01. The van der Waals surface area contributed by atoms with Gasteiger partial charge in [-0.2, -0.15) is 0 Å². The smallest absolute Gasteiger partial charge is 0.347 e. The number of nitrogens with one attached hydrogen (secondary N) is 1. The minimum absolute atomic E-state index is 0.196. The largest absolute Gasteiger partial charge is 0.382 e. The molecule has 0 spiro atoms. The van der Waals surface area contributed by atoms with Crippen LogP contribution in [-0.2, 0) is 11.3 Å². The highest BCUT2D eigenvalue weighted by Gasteiger charge is 1.94. The van der Waals surface area contributed by atoms with E-state index in [4.69, 9.17) is 4.74 Å². The lowest BCUT2D eigenvalue weighted by Crippen LogP contribution is -2.28. The van der Waals surface area contributed by atoms with Crippen LogP contribution >= 0.6 is 0 Å². The molecule has 16 heavy (non-hydrogen) atoms. The molecule has 1 heterocycles. The number of aromatic nitrogens is 2. The SMILES string of the molecule is CCOCCCNCCn1cccnc1=O. The monoisotopic (exact) mass is 225 g/mol. The highest BCUT2D eigenvalue weighted by atomic mass is 16.5. The van der Waals surface area contributed by atoms with Crippen molar-refractivity contribution in [1.29, 1.82) is 0 Å². The average Bonchev–Trinajstić information content (AvgIpc) is 2.30. The molecule has 0 aliphatic rings. The molecule has 1 aromatic heterocycles. The van der Waals surface area contributed by atoms with Crippen LogP contribution in [-0.4, -0.2) is 35.9 Å². The van der Waals surface area contributed by atoms with Crippen LogP contribution in [0.4, 0.5) is 0 Å². The molecule has 5 heteroatoms. The van der Waals surface area contributed by atoms with Gasteiger partial charge >= 0.3 is 5.69 Å². The van der Waals surface area contributed by atoms with E-state index in [9.17, 15) is 4.79 Å². The van der Waals surface area contributed by atoms with Gasteiger partial charge in [-0.25, -0.2) is 9.78 Å². The molecule has 1 N–H and O–H groups in total. The highest BCUT2D eigenvalue weighted by molar-refractivity contribution is 4.80. The molecule has 0 saturated carbocycles. The molecule has 5 nitrogen and oxygen atoms in total. The third-order valence-corrected chi connectivity index (χ3v) is 2.16. The van der Waals surface area contributed by atoms with Gasteiger partial charge in [-0.3, -0.25) is 4.57 Å². The molecule has 0 aliphatic carbocycles. The van der Waals surface area contributed by atoms with Gasteiger partial charge < -0.3 is 10.1 Å². The lowest BCUT2D eigenvalue weighted by Gasteiger charge is -2.06. The zero-order valence-electron chi connectivity index (χ0n) is 9.69. The first-order valence-electron chi connectivity index (χ1n) is 5.64. The van der Waals surface area contributed by atoms with Crippen LogP contribution in [0.2, 0.25) is 0 Å². The van der Waals surface area contributed by atoms with Crippen molar-refractivity contribution >= 4 is 0 Å². The summed E-state index contributed by atoms with van der Waals surface area (Å²) in [6.07, 6.45) is 4.25. The van der Waals surface area contributed by atoms with Crippen molar-refractivity contribution in [2.75, 3.05) is 26.3 Å². The lowest BCUT2D eigenvalue weighted by atomic mass is 10.4. The Labute approximate surface area is 95.5 Å². The number of ether oxygens (including phenoxy) is 1. The summed E-state index contributed by atoms with van der Waals surface area (Å²) in [4.78, 5) is 14.9. The number of rotatable bonds is 8. The van der Waals surface area contributed by atoms with Crippen LogP contribution in [0.5, 0.6) is 0 Å². The molecule has 0 bridgehead atoms. The maximum Gasteiger partial charge on any atom is 0.347 e. The average molecular weight is 225 g/mol.